The molecule has 0 unspecified atom stereocenters. The zero-order valence-corrected chi connectivity index (χ0v) is 15.9. The van der Waals surface area contributed by atoms with Crippen LogP contribution in [-0.4, -0.2) is 51.8 Å². The second-order valence-electron chi connectivity index (χ2n) is 6.12. The van der Waals surface area contributed by atoms with Crippen LogP contribution in [0.25, 0.3) is 0 Å². The molecule has 0 saturated carbocycles. The highest BCUT2D eigenvalue weighted by Crippen LogP contribution is 2.29. The molecule has 0 aliphatic carbocycles. The van der Waals surface area contributed by atoms with E-state index in [0.29, 0.717) is 31.6 Å². The van der Waals surface area contributed by atoms with Gasteiger partial charge in [-0.25, -0.2) is 8.42 Å². The third-order valence-electron chi connectivity index (χ3n) is 4.41. The lowest BCUT2D eigenvalue weighted by atomic mass is 10.2. The minimum Gasteiger partial charge on any atom is -0.493 e. The number of hydrogen-bond donors (Lipinski definition) is 1. The number of benzene rings is 1. The fourth-order valence-electron chi connectivity index (χ4n) is 2.79. The van der Waals surface area contributed by atoms with Crippen molar-refractivity contribution < 1.29 is 36.2 Å². The van der Waals surface area contributed by atoms with Gasteiger partial charge in [-0.3, -0.25) is 4.79 Å². The molecule has 2 rings (SSSR count). The predicted molar refractivity (Wildman–Crippen MR) is 93.7 cm³/mol. The maximum Gasteiger partial charge on any atom is 0.387 e. The molecule has 7 nitrogen and oxygen atoms in total. The van der Waals surface area contributed by atoms with Gasteiger partial charge >= 0.3 is 6.61 Å². The summed E-state index contributed by atoms with van der Waals surface area (Å²) in [6.07, 6.45) is 0.755. The number of methoxy groups -OCH3 is 1. The summed E-state index contributed by atoms with van der Waals surface area (Å²) < 4.78 is 64.3. The Balaban J connectivity index is 1.99. The van der Waals surface area contributed by atoms with Crippen LogP contribution in [0.4, 0.5) is 8.78 Å². The third-order valence-corrected chi connectivity index (χ3v) is 7.01. The van der Waals surface area contributed by atoms with Crippen molar-refractivity contribution in [1.29, 1.82) is 0 Å². The zero-order chi connectivity index (χ0) is 20.0. The zero-order valence-electron chi connectivity index (χ0n) is 15.1. The lowest BCUT2D eigenvalue weighted by molar-refractivity contribution is -0.120. The summed E-state index contributed by atoms with van der Waals surface area (Å²) in [6.45, 7) is -0.866. The van der Waals surface area contributed by atoms with E-state index in [-0.39, 0.29) is 18.0 Å². The number of carbonyl (C=O) groups excluding carboxylic acids is 1. The van der Waals surface area contributed by atoms with Crippen molar-refractivity contribution in [1.82, 2.24) is 5.32 Å². The van der Waals surface area contributed by atoms with Crippen molar-refractivity contribution in [2.45, 2.75) is 43.4 Å². The predicted octanol–water partition coefficient (Wildman–Crippen LogP) is 1.90. The first kappa shape index (κ1) is 21.4. The molecule has 27 heavy (non-hydrogen) atoms. The van der Waals surface area contributed by atoms with Crippen LogP contribution in [-0.2, 0) is 25.9 Å². The summed E-state index contributed by atoms with van der Waals surface area (Å²) in [4.78, 5) is 12.3. The molecule has 1 heterocycles. The van der Waals surface area contributed by atoms with E-state index in [1.807, 2.05) is 0 Å². The number of nitrogens with one attached hydrogen (secondary N) is 1. The van der Waals surface area contributed by atoms with Crippen molar-refractivity contribution in [3.05, 3.63) is 23.8 Å². The van der Waals surface area contributed by atoms with Gasteiger partial charge in [0.1, 0.15) is 5.25 Å². The van der Waals surface area contributed by atoms with E-state index in [1.165, 1.54) is 32.2 Å². The first-order valence-electron chi connectivity index (χ1n) is 8.45. The third kappa shape index (κ3) is 5.52. The fourth-order valence-corrected chi connectivity index (χ4v) is 4.60. The van der Waals surface area contributed by atoms with Gasteiger partial charge in [0.15, 0.2) is 21.3 Å². The van der Waals surface area contributed by atoms with Crippen LogP contribution in [0.2, 0.25) is 0 Å². The van der Waals surface area contributed by atoms with Crippen LogP contribution < -0.4 is 14.8 Å². The van der Waals surface area contributed by atoms with Crippen molar-refractivity contribution in [2.24, 2.45) is 0 Å². The van der Waals surface area contributed by atoms with E-state index in [1.54, 1.807) is 0 Å². The van der Waals surface area contributed by atoms with Crippen LogP contribution in [0.1, 0.15) is 25.3 Å². The molecule has 10 heteroatoms. The quantitative estimate of drug-likeness (QED) is 0.708. The molecule has 0 bridgehead atoms. The van der Waals surface area contributed by atoms with Crippen molar-refractivity contribution in [3.8, 4) is 11.5 Å². The van der Waals surface area contributed by atoms with E-state index < -0.39 is 32.9 Å². The SMILES string of the molecule is COc1cc(CNC(=O)[C@H](C)S(=O)(=O)C2CCOCC2)ccc1OC(F)F. The van der Waals surface area contributed by atoms with Crippen LogP contribution in [0.3, 0.4) is 0 Å². The van der Waals surface area contributed by atoms with Gasteiger partial charge in [-0.15, -0.1) is 0 Å². The Bertz CT molecular complexity index is 750. The lowest BCUT2D eigenvalue weighted by Gasteiger charge is -2.25. The summed E-state index contributed by atoms with van der Waals surface area (Å²) in [7, 11) is -2.31. The van der Waals surface area contributed by atoms with E-state index in [9.17, 15) is 22.0 Å². The average Bonchev–Trinajstić information content (AvgIpc) is 2.66. The minimum absolute atomic E-state index is 0.0256. The molecule has 1 aromatic carbocycles. The summed E-state index contributed by atoms with van der Waals surface area (Å²) in [5.41, 5.74) is 0.553. The van der Waals surface area contributed by atoms with Gasteiger partial charge in [0.25, 0.3) is 0 Å². The van der Waals surface area contributed by atoms with E-state index in [2.05, 4.69) is 10.1 Å². The Kier molecular flexibility index (Phi) is 7.37. The number of sulfone groups is 1. The van der Waals surface area contributed by atoms with E-state index >= 15 is 0 Å². The number of carbonyl (C=O) groups is 1. The van der Waals surface area contributed by atoms with Crippen molar-refractivity contribution in [2.75, 3.05) is 20.3 Å². The first-order valence-corrected chi connectivity index (χ1v) is 10.1. The molecule has 0 spiro atoms. The Labute approximate surface area is 156 Å². The number of amides is 1. The molecule has 1 fully saturated rings. The second-order valence-corrected chi connectivity index (χ2v) is 8.68. The molecule has 152 valence electrons. The summed E-state index contributed by atoms with van der Waals surface area (Å²) in [5, 5.41) is 0.786. The maximum atomic E-state index is 12.6. The maximum absolute atomic E-state index is 12.6. The normalized spacial score (nSPS) is 16.8. The van der Waals surface area contributed by atoms with Gasteiger partial charge in [-0.2, -0.15) is 8.78 Å². The number of rotatable bonds is 8. The minimum atomic E-state index is -3.62. The molecule has 1 N–H and O–H groups in total. The van der Waals surface area contributed by atoms with Crippen LogP contribution in [0.5, 0.6) is 11.5 Å². The number of halogens is 2. The standard InChI is InChI=1S/C17H23F2NO6S/c1-11(27(22,23)13-5-7-25-8-6-13)16(21)20-10-12-3-4-14(26-17(18)19)15(9-12)24-2/h3-4,9,11,13,17H,5-8,10H2,1-2H3,(H,20,21)/t11-/m0/s1. The highest BCUT2D eigenvalue weighted by molar-refractivity contribution is 7.93. The van der Waals surface area contributed by atoms with Crippen molar-refractivity contribution in [3.63, 3.8) is 0 Å². The van der Waals surface area contributed by atoms with Crippen LogP contribution in [0, 0.1) is 0 Å². The van der Waals surface area contributed by atoms with Gasteiger partial charge in [0.05, 0.1) is 12.4 Å². The fraction of sp³-hybridized carbons (Fsp3) is 0.588. The average molecular weight is 407 g/mol. The molecule has 1 aliphatic heterocycles. The molecule has 1 atom stereocenters. The summed E-state index contributed by atoms with van der Waals surface area (Å²) in [6, 6.07) is 4.22. The van der Waals surface area contributed by atoms with Gasteiger partial charge in [0.2, 0.25) is 5.91 Å². The van der Waals surface area contributed by atoms with Crippen molar-refractivity contribution >= 4 is 15.7 Å². The molecule has 0 radical (unpaired) electrons. The van der Waals surface area contributed by atoms with Gasteiger partial charge in [0, 0.05) is 19.8 Å². The highest BCUT2D eigenvalue weighted by Gasteiger charge is 2.36. The van der Waals surface area contributed by atoms with Gasteiger partial charge < -0.3 is 19.5 Å². The first-order chi connectivity index (χ1) is 12.8. The molecule has 1 amide bonds. The Hall–Kier alpha value is -1.94. The highest BCUT2D eigenvalue weighted by atomic mass is 32.2. The summed E-state index contributed by atoms with van der Waals surface area (Å²) >= 11 is 0. The van der Waals surface area contributed by atoms with Gasteiger partial charge in [-0.1, -0.05) is 6.07 Å². The van der Waals surface area contributed by atoms with E-state index in [0.717, 1.165) is 0 Å². The Morgan fingerprint density at radius 2 is 1.96 bits per heavy atom. The molecule has 0 aromatic heterocycles. The van der Waals surface area contributed by atoms with E-state index in [4.69, 9.17) is 9.47 Å². The largest absolute Gasteiger partial charge is 0.493 e. The number of hydrogen-bond acceptors (Lipinski definition) is 6. The second kappa shape index (κ2) is 9.32. The Morgan fingerprint density at radius 1 is 1.30 bits per heavy atom. The van der Waals surface area contributed by atoms with Crippen LogP contribution >= 0.6 is 0 Å². The Morgan fingerprint density at radius 3 is 2.56 bits per heavy atom. The topological polar surface area (TPSA) is 90.9 Å². The molecule has 1 aromatic rings. The molecular formula is C17H23F2NO6S. The molecule has 1 saturated heterocycles. The monoisotopic (exact) mass is 407 g/mol. The lowest BCUT2D eigenvalue weighted by Crippen LogP contribution is -2.43. The number of ether oxygens (including phenoxy) is 3. The number of alkyl halides is 2. The smallest absolute Gasteiger partial charge is 0.387 e. The van der Waals surface area contributed by atoms with Crippen LogP contribution in [0.15, 0.2) is 18.2 Å². The summed E-state index contributed by atoms with van der Waals surface area (Å²) in [5.74, 6) is -0.656. The molecular weight excluding hydrogens is 384 g/mol. The van der Waals surface area contributed by atoms with Gasteiger partial charge in [-0.05, 0) is 37.5 Å². The molecule has 1 aliphatic rings.